The summed E-state index contributed by atoms with van der Waals surface area (Å²) < 4.78 is 5.16. The van der Waals surface area contributed by atoms with Crippen LogP contribution in [0.5, 0.6) is 0 Å². The molecule has 4 nitrogen and oxygen atoms in total. The van der Waals surface area contributed by atoms with Crippen LogP contribution in [0.2, 0.25) is 0 Å². The van der Waals surface area contributed by atoms with Gasteiger partial charge < -0.3 is 10.5 Å². The zero-order valence-electron chi connectivity index (χ0n) is 7.32. The number of hydrogen-bond acceptors (Lipinski definition) is 4. The third-order valence-corrected chi connectivity index (χ3v) is 1.64. The van der Waals surface area contributed by atoms with Crippen molar-refractivity contribution in [3.8, 4) is 0 Å². The highest BCUT2D eigenvalue weighted by Gasteiger charge is 2.10. The number of nitrogens with two attached hydrogens (primary N) is 1. The first kappa shape index (κ1) is 8.93. The zero-order valence-corrected chi connectivity index (χ0v) is 7.32. The average molecular weight is 167 g/mol. The van der Waals surface area contributed by atoms with Crippen LogP contribution >= 0.6 is 0 Å². The third-order valence-electron chi connectivity index (χ3n) is 1.64. The van der Waals surface area contributed by atoms with E-state index in [4.69, 9.17) is 10.5 Å². The van der Waals surface area contributed by atoms with Crippen molar-refractivity contribution in [2.75, 3.05) is 12.8 Å². The van der Waals surface area contributed by atoms with E-state index in [1.165, 1.54) is 0 Å². The van der Waals surface area contributed by atoms with Crippen molar-refractivity contribution >= 4 is 5.82 Å². The first-order valence-electron chi connectivity index (χ1n) is 3.89. The lowest BCUT2D eigenvalue weighted by atomic mass is 10.2. The molecule has 1 aromatic heterocycles. The number of hydrogen-bond donors (Lipinski definition) is 1. The maximum absolute atomic E-state index is 5.50. The van der Waals surface area contributed by atoms with E-state index in [1.807, 2.05) is 6.92 Å². The van der Waals surface area contributed by atoms with E-state index >= 15 is 0 Å². The van der Waals surface area contributed by atoms with Crippen LogP contribution in [0.25, 0.3) is 0 Å². The summed E-state index contributed by atoms with van der Waals surface area (Å²) in [5, 5.41) is 0. The van der Waals surface area contributed by atoms with Gasteiger partial charge in [0.05, 0.1) is 0 Å². The van der Waals surface area contributed by atoms with Crippen LogP contribution < -0.4 is 5.73 Å². The van der Waals surface area contributed by atoms with Gasteiger partial charge in [-0.25, -0.2) is 9.97 Å². The van der Waals surface area contributed by atoms with Gasteiger partial charge in [-0.3, -0.25) is 0 Å². The lowest BCUT2D eigenvalue weighted by Crippen LogP contribution is -2.06. The summed E-state index contributed by atoms with van der Waals surface area (Å²) in [6.07, 6.45) is 2.44. The number of nitrogens with zero attached hydrogens (tertiary/aromatic N) is 2. The lowest BCUT2D eigenvalue weighted by Gasteiger charge is -2.10. The summed E-state index contributed by atoms with van der Waals surface area (Å²) >= 11 is 0. The van der Waals surface area contributed by atoms with E-state index in [0.717, 1.165) is 6.42 Å². The number of methoxy groups -OCH3 is 1. The topological polar surface area (TPSA) is 61.0 Å². The fraction of sp³-hybridized carbons (Fsp3) is 0.500. The Morgan fingerprint density at radius 1 is 1.67 bits per heavy atom. The molecule has 0 aliphatic carbocycles. The summed E-state index contributed by atoms with van der Waals surface area (Å²) in [5.41, 5.74) is 5.50. The smallest absolute Gasteiger partial charge is 0.159 e. The maximum Gasteiger partial charge on any atom is 0.159 e. The highest BCUT2D eigenvalue weighted by atomic mass is 16.5. The number of anilines is 1. The van der Waals surface area contributed by atoms with Crippen LogP contribution in [-0.4, -0.2) is 17.1 Å². The monoisotopic (exact) mass is 167 g/mol. The van der Waals surface area contributed by atoms with Gasteiger partial charge in [-0.2, -0.15) is 0 Å². The standard InChI is InChI=1S/C8H13N3O/c1-3-6(12-2)8-10-5-4-7(9)11-8/h4-6H,3H2,1-2H3,(H2,9,10,11)/t6-/m0/s1. The summed E-state index contributed by atoms with van der Waals surface area (Å²) in [5.74, 6) is 1.13. The van der Waals surface area contributed by atoms with Crippen LogP contribution in [0, 0.1) is 0 Å². The van der Waals surface area contributed by atoms with Crippen molar-refractivity contribution in [1.29, 1.82) is 0 Å². The third kappa shape index (κ3) is 1.92. The Morgan fingerprint density at radius 2 is 2.42 bits per heavy atom. The van der Waals surface area contributed by atoms with Gasteiger partial charge in [-0.15, -0.1) is 0 Å². The van der Waals surface area contributed by atoms with Gasteiger partial charge in [0.1, 0.15) is 11.9 Å². The average Bonchev–Trinajstić information content (AvgIpc) is 2.07. The van der Waals surface area contributed by atoms with E-state index in [-0.39, 0.29) is 6.10 Å². The van der Waals surface area contributed by atoms with Crippen molar-refractivity contribution in [2.45, 2.75) is 19.4 Å². The molecule has 0 radical (unpaired) electrons. The molecule has 0 bridgehead atoms. The molecule has 12 heavy (non-hydrogen) atoms. The first-order valence-corrected chi connectivity index (χ1v) is 3.89. The number of aromatic nitrogens is 2. The summed E-state index contributed by atoms with van der Waals surface area (Å²) in [4.78, 5) is 8.12. The molecule has 0 saturated heterocycles. The number of ether oxygens (including phenoxy) is 1. The quantitative estimate of drug-likeness (QED) is 0.733. The fourth-order valence-corrected chi connectivity index (χ4v) is 0.998. The first-order chi connectivity index (χ1) is 5.77. The molecule has 4 heteroatoms. The predicted molar refractivity (Wildman–Crippen MR) is 46.5 cm³/mol. The molecule has 1 atom stereocenters. The van der Waals surface area contributed by atoms with Crippen molar-refractivity contribution in [3.05, 3.63) is 18.1 Å². The van der Waals surface area contributed by atoms with Gasteiger partial charge in [0.25, 0.3) is 0 Å². The molecular formula is C8H13N3O. The highest BCUT2D eigenvalue weighted by Crippen LogP contribution is 2.15. The van der Waals surface area contributed by atoms with Crippen molar-refractivity contribution in [1.82, 2.24) is 9.97 Å². The number of nitrogen functional groups attached to an aromatic ring is 1. The molecule has 0 spiro atoms. The molecule has 66 valence electrons. The maximum atomic E-state index is 5.50. The van der Waals surface area contributed by atoms with Crippen molar-refractivity contribution < 1.29 is 4.74 Å². The lowest BCUT2D eigenvalue weighted by molar-refractivity contribution is 0.0927. The van der Waals surface area contributed by atoms with Crippen molar-refractivity contribution in [3.63, 3.8) is 0 Å². The van der Waals surface area contributed by atoms with Crippen molar-refractivity contribution in [2.24, 2.45) is 0 Å². The van der Waals surface area contributed by atoms with Crippen LogP contribution in [0.15, 0.2) is 12.3 Å². The minimum atomic E-state index is -0.0477. The number of rotatable bonds is 3. The zero-order chi connectivity index (χ0) is 8.97. The van der Waals surface area contributed by atoms with Gasteiger partial charge in [0, 0.05) is 13.3 Å². The Balaban J connectivity index is 2.85. The molecule has 2 N–H and O–H groups in total. The molecule has 0 aliphatic rings. The summed E-state index contributed by atoms with van der Waals surface area (Å²) in [7, 11) is 1.64. The molecule has 0 unspecified atom stereocenters. The molecule has 0 aromatic carbocycles. The second-order valence-corrected chi connectivity index (χ2v) is 2.47. The Hall–Kier alpha value is -1.16. The molecule has 0 saturated carbocycles. The molecule has 0 amide bonds. The van der Waals surface area contributed by atoms with Gasteiger partial charge in [-0.05, 0) is 12.5 Å². The Kier molecular flexibility index (Phi) is 2.99. The van der Waals surface area contributed by atoms with E-state index in [0.29, 0.717) is 11.6 Å². The molecule has 1 heterocycles. The van der Waals surface area contributed by atoms with E-state index in [9.17, 15) is 0 Å². The summed E-state index contributed by atoms with van der Waals surface area (Å²) in [6, 6.07) is 1.66. The molecule has 1 aromatic rings. The largest absolute Gasteiger partial charge is 0.384 e. The van der Waals surface area contributed by atoms with Crippen LogP contribution in [-0.2, 0) is 4.74 Å². The van der Waals surface area contributed by atoms with Crippen LogP contribution in [0.3, 0.4) is 0 Å². The van der Waals surface area contributed by atoms with E-state index < -0.39 is 0 Å². The molecule has 0 aliphatic heterocycles. The van der Waals surface area contributed by atoms with E-state index in [2.05, 4.69) is 9.97 Å². The minimum Gasteiger partial charge on any atom is -0.384 e. The van der Waals surface area contributed by atoms with Gasteiger partial charge in [-0.1, -0.05) is 6.92 Å². The Bertz CT molecular complexity index is 248. The minimum absolute atomic E-state index is 0.0477. The fourth-order valence-electron chi connectivity index (χ4n) is 0.998. The van der Waals surface area contributed by atoms with Gasteiger partial charge in [0.2, 0.25) is 0 Å². The highest BCUT2D eigenvalue weighted by molar-refractivity contribution is 5.25. The SMILES string of the molecule is CC[C@H](OC)c1nccc(N)n1. The Morgan fingerprint density at radius 3 is 2.92 bits per heavy atom. The second kappa shape index (κ2) is 4.01. The molecule has 0 fully saturated rings. The van der Waals surface area contributed by atoms with Crippen LogP contribution in [0.4, 0.5) is 5.82 Å². The van der Waals surface area contributed by atoms with E-state index in [1.54, 1.807) is 19.4 Å². The predicted octanol–water partition coefficient (Wildman–Crippen LogP) is 1.16. The van der Waals surface area contributed by atoms with Gasteiger partial charge >= 0.3 is 0 Å². The van der Waals surface area contributed by atoms with Crippen LogP contribution in [0.1, 0.15) is 25.3 Å². The Labute approximate surface area is 71.8 Å². The molecule has 1 rings (SSSR count). The summed E-state index contributed by atoms with van der Waals surface area (Å²) in [6.45, 7) is 2.01. The van der Waals surface area contributed by atoms with Gasteiger partial charge in [0.15, 0.2) is 5.82 Å². The molecular weight excluding hydrogens is 154 g/mol. The second-order valence-electron chi connectivity index (χ2n) is 2.47. The normalized spacial score (nSPS) is 12.8.